The van der Waals surface area contributed by atoms with Gasteiger partial charge in [-0.05, 0) is 194 Å². The van der Waals surface area contributed by atoms with E-state index in [9.17, 15) is 43.2 Å². The molecule has 3 heterocycles. The molecule has 30 nitrogen and oxygen atoms in total. The molecule has 115 heavy (non-hydrogen) atoms. The SMILES string of the molecule is CC(C)(C)OC(=O)CN1CCN(CCCCN)CCN(CC(=O)OC(C)(C)C)CC1.CC(C)(C)OC(=O)CN1CCNCCN(CC(=O)OC(C)(C)C)CC1.CCCCCCC(=O)OC(C)(C)C.O=C(O)CN1CCN(CCCCNC(=O)COC2C#CCCCCC2)CCN(CC(=O)O)CC1.O=C(O)COC1C#CCCCCC1. The molecule has 0 saturated carbocycles. The van der Waals surface area contributed by atoms with E-state index in [-0.39, 0.29) is 106 Å². The number of nitrogens with one attached hydrogen (secondary N) is 2. The van der Waals surface area contributed by atoms with Crippen molar-refractivity contribution in [2.24, 2.45) is 5.73 Å². The van der Waals surface area contributed by atoms with Gasteiger partial charge in [-0.3, -0.25) is 67.8 Å². The van der Waals surface area contributed by atoms with E-state index in [1.54, 1.807) is 0 Å². The first-order valence-electron chi connectivity index (χ1n) is 42.4. The molecule has 1 amide bonds. The number of unbranched alkanes of at least 4 members (excludes halogenated alkanes) is 5. The normalized spacial score (nSPS) is 18.9. The zero-order chi connectivity index (χ0) is 86.3. The van der Waals surface area contributed by atoms with Gasteiger partial charge in [0, 0.05) is 144 Å². The molecule has 0 aromatic carbocycles. The highest BCUT2D eigenvalue weighted by Crippen LogP contribution is 2.17. The van der Waals surface area contributed by atoms with Crippen LogP contribution in [0, 0.1) is 23.7 Å². The van der Waals surface area contributed by atoms with Crippen LogP contribution in [-0.2, 0) is 76.3 Å². The summed E-state index contributed by atoms with van der Waals surface area (Å²) in [5.74, 6) is 8.41. The van der Waals surface area contributed by atoms with Gasteiger partial charge in [0.1, 0.15) is 53.4 Å². The van der Waals surface area contributed by atoms with E-state index in [2.05, 4.69) is 70.6 Å². The smallest absolute Gasteiger partial charge is 0.329 e. The average Bonchev–Trinajstić information content (AvgIpc) is 1.81. The van der Waals surface area contributed by atoms with E-state index < -0.39 is 40.3 Å². The minimum Gasteiger partial charge on any atom is -0.480 e. The fourth-order valence-corrected chi connectivity index (χ4v) is 12.3. The average molecular weight is 1640 g/mol. The first kappa shape index (κ1) is 107. The third-order valence-electron chi connectivity index (χ3n) is 17.8. The van der Waals surface area contributed by atoms with Crippen LogP contribution in [0.1, 0.15) is 233 Å². The predicted octanol–water partition coefficient (Wildman–Crippen LogP) is 7.25. The number of ether oxygens (including phenoxy) is 7. The van der Waals surface area contributed by atoms with Gasteiger partial charge in [-0.25, -0.2) is 4.79 Å². The Morgan fingerprint density at radius 3 is 1.05 bits per heavy atom. The van der Waals surface area contributed by atoms with Crippen LogP contribution >= 0.6 is 0 Å². The van der Waals surface area contributed by atoms with Crippen molar-refractivity contribution < 1.29 is 91.6 Å². The van der Waals surface area contributed by atoms with Gasteiger partial charge >= 0.3 is 47.8 Å². The van der Waals surface area contributed by atoms with Gasteiger partial charge in [-0.2, -0.15) is 0 Å². The number of amides is 1. The number of hydrogen-bond donors (Lipinski definition) is 6. The maximum atomic E-state index is 12.3. The van der Waals surface area contributed by atoms with Gasteiger partial charge in [-0.15, -0.1) is 11.8 Å². The highest BCUT2D eigenvalue weighted by atomic mass is 16.6. The number of rotatable bonds is 32. The number of carbonyl (C=O) groups excluding carboxylic acids is 6. The molecule has 5 aliphatic rings. The summed E-state index contributed by atoms with van der Waals surface area (Å²) in [6.07, 6.45) is 18.8. The molecule has 7 N–H and O–H groups in total. The van der Waals surface area contributed by atoms with Gasteiger partial charge in [0.05, 0.1) is 39.3 Å². The van der Waals surface area contributed by atoms with Gasteiger partial charge in [-0.1, -0.05) is 50.9 Å². The topological polar surface area (TPSA) is 355 Å². The number of aliphatic carboxylic acids is 3. The maximum absolute atomic E-state index is 12.3. The molecule has 2 aliphatic carbocycles. The van der Waals surface area contributed by atoms with Crippen LogP contribution in [0.25, 0.3) is 0 Å². The molecular weight excluding hydrogens is 1480 g/mol. The number of nitrogens with zero attached hydrogens (tertiary/aromatic N) is 8. The highest BCUT2D eigenvalue weighted by Gasteiger charge is 2.28. The van der Waals surface area contributed by atoms with E-state index in [0.717, 1.165) is 175 Å². The lowest BCUT2D eigenvalue weighted by Crippen LogP contribution is -2.42. The Bertz CT molecular complexity index is 2780. The van der Waals surface area contributed by atoms with Crippen LogP contribution in [0.3, 0.4) is 0 Å². The fourth-order valence-electron chi connectivity index (χ4n) is 12.3. The Kier molecular flexibility index (Phi) is 56.1. The first-order valence-corrected chi connectivity index (χ1v) is 42.4. The second-order valence-electron chi connectivity index (χ2n) is 35.0. The molecule has 0 spiro atoms. The summed E-state index contributed by atoms with van der Waals surface area (Å²) < 4.78 is 37.7. The maximum Gasteiger partial charge on any atom is 0.329 e. The Morgan fingerprint density at radius 2 is 0.713 bits per heavy atom. The predicted molar refractivity (Wildman–Crippen MR) is 447 cm³/mol. The van der Waals surface area contributed by atoms with E-state index >= 15 is 0 Å². The quantitative estimate of drug-likeness (QED) is 0.0167. The molecule has 2 atom stereocenters. The van der Waals surface area contributed by atoms with Crippen molar-refractivity contribution in [3.8, 4) is 23.7 Å². The minimum absolute atomic E-state index is 0.0320. The summed E-state index contributed by atoms with van der Waals surface area (Å²) in [7, 11) is 0. The van der Waals surface area contributed by atoms with Crippen molar-refractivity contribution in [3.05, 3.63) is 0 Å². The van der Waals surface area contributed by atoms with Crippen molar-refractivity contribution in [2.75, 3.05) is 196 Å². The highest BCUT2D eigenvalue weighted by molar-refractivity contribution is 5.77. The molecule has 3 saturated heterocycles. The lowest BCUT2D eigenvalue weighted by molar-refractivity contribution is -0.158. The monoisotopic (exact) mass is 1630 g/mol. The molecule has 0 aromatic heterocycles. The zero-order valence-corrected chi connectivity index (χ0v) is 73.8. The van der Waals surface area contributed by atoms with Crippen molar-refractivity contribution in [1.82, 2.24) is 49.8 Å². The molecule has 0 radical (unpaired) electrons. The summed E-state index contributed by atoms with van der Waals surface area (Å²) >= 11 is 0. The van der Waals surface area contributed by atoms with Crippen LogP contribution in [0.4, 0.5) is 0 Å². The Morgan fingerprint density at radius 1 is 0.383 bits per heavy atom. The molecule has 3 fully saturated rings. The van der Waals surface area contributed by atoms with Gasteiger partial charge in [0.2, 0.25) is 5.91 Å². The Labute approximate surface area is 691 Å². The van der Waals surface area contributed by atoms with Crippen LogP contribution in [-0.4, -0.2) is 345 Å². The van der Waals surface area contributed by atoms with Crippen LogP contribution < -0.4 is 16.4 Å². The summed E-state index contributed by atoms with van der Waals surface area (Å²) in [6.45, 7) is 47.3. The molecule has 0 aromatic rings. The third-order valence-corrected chi connectivity index (χ3v) is 17.8. The molecular formula is C85H155N11O19. The largest absolute Gasteiger partial charge is 0.480 e. The number of carboxylic acids is 3. The Balaban J connectivity index is 0.000000752. The molecule has 664 valence electrons. The summed E-state index contributed by atoms with van der Waals surface area (Å²) in [6, 6.07) is 0. The zero-order valence-electron chi connectivity index (χ0n) is 73.8. The van der Waals surface area contributed by atoms with Gasteiger partial charge in [0.15, 0.2) is 0 Å². The van der Waals surface area contributed by atoms with Gasteiger partial charge < -0.3 is 74.6 Å². The number of carbonyl (C=O) groups is 9. The number of nitrogens with two attached hydrogens (primary N) is 1. The van der Waals surface area contributed by atoms with Crippen molar-refractivity contribution in [2.45, 2.75) is 273 Å². The van der Waals surface area contributed by atoms with Crippen LogP contribution in [0.5, 0.6) is 0 Å². The third kappa shape index (κ3) is 66.5. The van der Waals surface area contributed by atoms with E-state index in [1.165, 1.54) is 19.3 Å². The molecule has 30 heteroatoms. The van der Waals surface area contributed by atoms with Crippen molar-refractivity contribution in [1.29, 1.82) is 0 Å². The van der Waals surface area contributed by atoms with Crippen molar-refractivity contribution in [3.63, 3.8) is 0 Å². The summed E-state index contributed by atoms with van der Waals surface area (Å²) in [4.78, 5) is 121. The lowest BCUT2D eigenvalue weighted by atomic mass is 10.1. The van der Waals surface area contributed by atoms with E-state index in [1.807, 2.05) is 114 Å². The first-order chi connectivity index (χ1) is 54.0. The number of carboxylic acid groups (broad SMARTS) is 3. The minimum atomic E-state index is -0.927. The Hall–Kier alpha value is -6.13. The molecule has 0 bridgehead atoms. The fraction of sp³-hybridized carbons (Fsp3) is 0.847. The molecule has 3 aliphatic heterocycles. The van der Waals surface area contributed by atoms with Crippen LogP contribution in [0.15, 0.2) is 0 Å². The van der Waals surface area contributed by atoms with Crippen LogP contribution in [0.2, 0.25) is 0 Å². The summed E-state index contributed by atoms with van der Waals surface area (Å²) in [5.41, 5.74) is 3.38. The van der Waals surface area contributed by atoms with Crippen molar-refractivity contribution >= 4 is 53.7 Å². The lowest BCUT2D eigenvalue weighted by Gasteiger charge is -2.27. The number of esters is 5. The second kappa shape index (κ2) is 60.4. The molecule has 2 unspecified atom stereocenters. The standard InChI is InChI=1S/C24H40N4O6.C22H44N4O4.C18H35N3O4.C11H22O2.C10H14O3/c29-22(20-34-21-8-4-2-1-3-5-9-21)25-10-6-7-11-26-12-14-27(18-23(30)31)16-17-28(15-13-26)19-24(32)33;1-21(2,3)29-19(27)17-25-13-11-24(10-8-7-9-23)12-14-26(16-15-25)18-20(28)30-22(4,5)6;1-17(2,3)24-15(22)13-20-9-7-19-8-10-21(12-11-20)14-16(23)25-18(4,5)6;1-5-6-7-8-9-10(12)13-11(2,3)4;11-10(12)8-13-9-6-4-2-1-3-5-7-9/h21H,1-4,6-8,10-20H2,(H,25,29)(H,30,31)(H,32,33);7-18,23H2,1-6H3;19H,7-14H2,1-6H3;5-9H2,1-4H3;9H,1-4,6,8H2,(H,11,12). The van der Waals surface area contributed by atoms with E-state index in [0.29, 0.717) is 71.9 Å². The second-order valence-corrected chi connectivity index (χ2v) is 35.0. The van der Waals surface area contributed by atoms with Gasteiger partial charge in [0.25, 0.3) is 0 Å². The van der Waals surface area contributed by atoms with E-state index in [4.69, 9.17) is 54.2 Å². The summed E-state index contributed by atoms with van der Waals surface area (Å²) in [5, 5.41) is 32.9. The molecule has 5 rings (SSSR count). The number of hydrogen-bond acceptors (Lipinski definition) is 26.